The molecule has 2 aliphatic rings. The van der Waals surface area contributed by atoms with Crippen molar-refractivity contribution in [2.24, 2.45) is 0 Å². The number of rotatable bonds is 2. The van der Waals surface area contributed by atoms with Gasteiger partial charge in [0.25, 0.3) is 0 Å². The van der Waals surface area contributed by atoms with E-state index < -0.39 is 0 Å². The molecule has 1 aromatic heterocycles. The van der Waals surface area contributed by atoms with Crippen molar-refractivity contribution in [3.8, 4) is 0 Å². The van der Waals surface area contributed by atoms with E-state index in [4.69, 9.17) is 4.52 Å². The zero-order valence-electron chi connectivity index (χ0n) is 7.62. The van der Waals surface area contributed by atoms with E-state index in [1.165, 1.54) is 31.2 Å². The van der Waals surface area contributed by atoms with Gasteiger partial charge in [-0.05, 0) is 25.7 Å². The van der Waals surface area contributed by atoms with Gasteiger partial charge in [-0.25, -0.2) is 0 Å². The minimum atomic E-state index is 0.516. The third-order valence-corrected chi connectivity index (χ3v) is 2.96. The SMILES string of the molecule is c1noc2c1C(NC1CC1)CCC2. The Morgan fingerprint density at radius 3 is 3.15 bits per heavy atom. The molecule has 0 spiro atoms. The Labute approximate surface area is 77.5 Å². The first-order chi connectivity index (χ1) is 6.43. The predicted molar refractivity (Wildman–Crippen MR) is 48.3 cm³/mol. The van der Waals surface area contributed by atoms with Gasteiger partial charge >= 0.3 is 0 Å². The van der Waals surface area contributed by atoms with Crippen molar-refractivity contribution in [1.82, 2.24) is 10.5 Å². The van der Waals surface area contributed by atoms with E-state index in [1.54, 1.807) is 0 Å². The van der Waals surface area contributed by atoms with Gasteiger partial charge in [0, 0.05) is 24.1 Å². The molecule has 70 valence electrons. The summed E-state index contributed by atoms with van der Waals surface area (Å²) in [5, 5.41) is 7.50. The molecule has 3 rings (SSSR count). The summed E-state index contributed by atoms with van der Waals surface area (Å²) < 4.78 is 5.20. The molecule has 1 unspecified atom stereocenters. The van der Waals surface area contributed by atoms with Crippen LogP contribution in [-0.2, 0) is 6.42 Å². The molecular formula is C10H14N2O. The Hall–Kier alpha value is -0.830. The molecule has 1 N–H and O–H groups in total. The molecule has 0 radical (unpaired) electrons. The van der Waals surface area contributed by atoms with Gasteiger partial charge in [0.1, 0.15) is 5.76 Å². The predicted octanol–water partition coefficient (Wildman–Crippen LogP) is 1.80. The Kier molecular flexibility index (Phi) is 1.65. The smallest absolute Gasteiger partial charge is 0.141 e. The van der Waals surface area contributed by atoms with Crippen LogP contribution in [0.5, 0.6) is 0 Å². The number of hydrogen-bond donors (Lipinski definition) is 1. The number of nitrogens with zero attached hydrogens (tertiary/aromatic N) is 1. The van der Waals surface area contributed by atoms with Gasteiger partial charge in [0.15, 0.2) is 0 Å². The summed E-state index contributed by atoms with van der Waals surface area (Å²) in [5.74, 6) is 1.10. The first kappa shape index (κ1) is 7.56. The summed E-state index contributed by atoms with van der Waals surface area (Å²) in [4.78, 5) is 0. The lowest BCUT2D eigenvalue weighted by atomic mass is 9.94. The Morgan fingerprint density at radius 1 is 1.38 bits per heavy atom. The Morgan fingerprint density at radius 2 is 2.31 bits per heavy atom. The molecule has 1 atom stereocenters. The number of aryl methyl sites for hydroxylation is 1. The lowest BCUT2D eigenvalue weighted by molar-refractivity contribution is 0.354. The molecule has 1 aromatic rings. The monoisotopic (exact) mass is 178 g/mol. The number of hydrogen-bond acceptors (Lipinski definition) is 3. The summed E-state index contributed by atoms with van der Waals surface area (Å²) in [5.41, 5.74) is 1.30. The zero-order valence-corrected chi connectivity index (χ0v) is 7.62. The maximum Gasteiger partial charge on any atom is 0.141 e. The van der Waals surface area contributed by atoms with Gasteiger partial charge in [-0.1, -0.05) is 5.16 Å². The lowest BCUT2D eigenvalue weighted by Gasteiger charge is -2.21. The highest BCUT2D eigenvalue weighted by atomic mass is 16.5. The molecule has 0 amide bonds. The van der Waals surface area contributed by atoms with Gasteiger partial charge in [-0.3, -0.25) is 0 Å². The average molecular weight is 178 g/mol. The van der Waals surface area contributed by atoms with Gasteiger partial charge in [-0.2, -0.15) is 0 Å². The van der Waals surface area contributed by atoms with E-state index in [1.807, 2.05) is 6.20 Å². The van der Waals surface area contributed by atoms with Crippen LogP contribution in [0, 0.1) is 0 Å². The van der Waals surface area contributed by atoms with Crippen LogP contribution >= 0.6 is 0 Å². The van der Waals surface area contributed by atoms with E-state index in [2.05, 4.69) is 10.5 Å². The highest BCUT2D eigenvalue weighted by molar-refractivity contribution is 5.21. The van der Waals surface area contributed by atoms with Crippen molar-refractivity contribution in [2.75, 3.05) is 0 Å². The molecule has 3 heteroatoms. The van der Waals surface area contributed by atoms with Crippen LogP contribution < -0.4 is 5.32 Å². The van der Waals surface area contributed by atoms with Crippen LogP contribution in [0.1, 0.15) is 43.0 Å². The highest BCUT2D eigenvalue weighted by Gasteiger charge is 2.29. The van der Waals surface area contributed by atoms with E-state index in [0.29, 0.717) is 6.04 Å². The molecule has 3 nitrogen and oxygen atoms in total. The fourth-order valence-electron chi connectivity index (χ4n) is 2.08. The first-order valence-electron chi connectivity index (χ1n) is 5.13. The van der Waals surface area contributed by atoms with Crippen molar-refractivity contribution in [2.45, 2.75) is 44.2 Å². The van der Waals surface area contributed by atoms with Crippen LogP contribution in [0.3, 0.4) is 0 Å². The van der Waals surface area contributed by atoms with Gasteiger partial charge in [0.05, 0.1) is 6.20 Å². The third-order valence-electron chi connectivity index (χ3n) is 2.96. The molecule has 1 saturated carbocycles. The fourth-order valence-corrected chi connectivity index (χ4v) is 2.08. The van der Waals surface area contributed by atoms with Crippen molar-refractivity contribution in [1.29, 1.82) is 0 Å². The second-order valence-electron chi connectivity index (χ2n) is 4.09. The van der Waals surface area contributed by atoms with E-state index in [-0.39, 0.29) is 0 Å². The van der Waals surface area contributed by atoms with Crippen molar-refractivity contribution in [3.63, 3.8) is 0 Å². The summed E-state index contributed by atoms with van der Waals surface area (Å²) in [6, 6.07) is 1.29. The average Bonchev–Trinajstić information content (AvgIpc) is 2.83. The van der Waals surface area contributed by atoms with E-state index in [0.717, 1.165) is 18.2 Å². The van der Waals surface area contributed by atoms with Crippen molar-refractivity contribution in [3.05, 3.63) is 17.5 Å². The number of aromatic nitrogens is 1. The molecule has 2 aliphatic carbocycles. The minimum absolute atomic E-state index is 0.516. The van der Waals surface area contributed by atoms with Crippen LogP contribution in [-0.4, -0.2) is 11.2 Å². The van der Waals surface area contributed by atoms with Gasteiger partial charge in [0.2, 0.25) is 0 Å². The molecule has 13 heavy (non-hydrogen) atoms. The summed E-state index contributed by atoms with van der Waals surface area (Å²) in [6.45, 7) is 0. The van der Waals surface area contributed by atoms with Crippen LogP contribution in [0.25, 0.3) is 0 Å². The largest absolute Gasteiger partial charge is 0.361 e. The molecular weight excluding hydrogens is 164 g/mol. The lowest BCUT2D eigenvalue weighted by Crippen LogP contribution is -2.26. The van der Waals surface area contributed by atoms with Crippen LogP contribution in [0.4, 0.5) is 0 Å². The van der Waals surface area contributed by atoms with Crippen LogP contribution in [0.15, 0.2) is 10.7 Å². The van der Waals surface area contributed by atoms with E-state index in [9.17, 15) is 0 Å². The molecule has 0 aromatic carbocycles. The first-order valence-corrected chi connectivity index (χ1v) is 5.13. The minimum Gasteiger partial charge on any atom is -0.361 e. The Balaban J connectivity index is 1.81. The Bertz CT molecular complexity index is 304. The van der Waals surface area contributed by atoms with Crippen molar-refractivity contribution >= 4 is 0 Å². The topological polar surface area (TPSA) is 38.1 Å². The molecule has 1 heterocycles. The molecule has 0 saturated heterocycles. The van der Waals surface area contributed by atoms with Gasteiger partial charge < -0.3 is 9.84 Å². The quantitative estimate of drug-likeness (QED) is 0.750. The third kappa shape index (κ3) is 1.37. The number of nitrogens with one attached hydrogen (secondary N) is 1. The fraction of sp³-hybridized carbons (Fsp3) is 0.700. The van der Waals surface area contributed by atoms with E-state index >= 15 is 0 Å². The maximum absolute atomic E-state index is 5.20. The molecule has 1 fully saturated rings. The summed E-state index contributed by atoms with van der Waals surface area (Å²) >= 11 is 0. The standard InChI is InChI=1S/C10H14N2O/c1-2-9(12-7-4-5-7)8-6-11-13-10(8)3-1/h6-7,9,12H,1-5H2. The van der Waals surface area contributed by atoms with Gasteiger partial charge in [-0.15, -0.1) is 0 Å². The molecule has 0 aliphatic heterocycles. The van der Waals surface area contributed by atoms with Crippen molar-refractivity contribution < 1.29 is 4.52 Å². The number of fused-ring (bicyclic) bond motifs is 1. The zero-order chi connectivity index (χ0) is 8.67. The summed E-state index contributed by atoms with van der Waals surface area (Å²) in [6.07, 6.45) is 8.11. The highest BCUT2D eigenvalue weighted by Crippen LogP contribution is 2.32. The second-order valence-corrected chi connectivity index (χ2v) is 4.09. The van der Waals surface area contributed by atoms with Crippen LogP contribution in [0.2, 0.25) is 0 Å². The normalized spacial score (nSPS) is 27.2. The maximum atomic E-state index is 5.20. The molecule has 0 bridgehead atoms. The second kappa shape index (κ2) is 2.84. The summed E-state index contributed by atoms with van der Waals surface area (Å²) in [7, 11) is 0.